The van der Waals surface area contributed by atoms with E-state index in [4.69, 9.17) is 10.5 Å². The van der Waals surface area contributed by atoms with E-state index in [0.29, 0.717) is 11.5 Å². The maximum Gasteiger partial charge on any atom is 0.0502 e. The highest BCUT2D eigenvalue weighted by Crippen LogP contribution is 2.39. The fraction of sp³-hybridized carbons (Fsp3) is 1.00. The maximum atomic E-state index is 6.23. The fourth-order valence-corrected chi connectivity index (χ4v) is 4.28. The van der Waals surface area contributed by atoms with E-state index in [-0.39, 0.29) is 0 Å². The van der Waals surface area contributed by atoms with Crippen molar-refractivity contribution in [2.45, 2.75) is 57.4 Å². The average Bonchev–Trinajstić information content (AvgIpc) is 2.48. The predicted octanol–water partition coefficient (Wildman–Crippen LogP) is 2.64. The zero-order chi connectivity index (χ0) is 13.7. The van der Waals surface area contributed by atoms with Gasteiger partial charge in [-0.15, -0.1) is 0 Å². The van der Waals surface area contributed by atoms with Gasteiger partial charge >= 0.3 is 0 Å². The van der Waals surface area contributed by atoms with Gasteiger partial charge in [0.25, 0.3) is 0 Å². The number of likely N-dealkylation sites (tertiary alicyclic amines) is 1. The lowest BCUT2D eigenvalue weighted by Crippen LogP contribution is -2.59. The van der Waals surface area contributed by atoms with Gasteiger partial charge in [-0.3, -0.25) is 4.90 Å². The Kier molecular flexibility index (Phi) is 5.67. The zero-order valence-corrected chi connectivity index (χ0v) is 12.9. The Balaban J connectivity index is 2.02. The molecule has 1 aliphatic heterocycles. The van der Waals surface area contributed by atoms with Crippen LogP contribution in [0.25, 0.3) is 0 Å². The van der Waals surface area contributed by atoms with Crippen LogP contribution in [-0.2, 0) is 4.74 Å². The van der Waals surface area contributed by atoms with Crippen molar-refractivity contribution in [1.82, 2.24) is 4.90 Å². The number of nitrogens with two attached hydrogens (primary N) is 1. The number of rotatable bonds is 5. The van der Waals surface area contributed by atoms with Crippen LogP contribution in [0.2, 0.25) is 0 Å². The molecule has 0 aromatic heterocycles. The van der Waals surface area contributed by atoms with E-state index in [2.05, 4.69) is 11.8 Å². The highest BCUT2D eigenvalue weighted by molar-refractivity contribution is 4.98. The van der Waals surface area contributed by atoms with Crippen LogP contribution in [0.3, 0.4) is 0 Å². The molecule has 0 aromatic rings. The standard InChI is InChI=1S/C16H32N2O/c1-3-14-6-4-8-16(10-14,13-17)18-9-5-7-15(11-18)12-19-2/h14-15H,3-13,17H2,1-2H3. The lowest BCUT2D eigenvalue weighted by Gasteiger charge is -2.51. The van der Waals surface area contributed by atoms with Crippen LogP contribution in [0.15, 0.2) is 0 Å². The first-order valence-corrected chi connectivity index (χ1v) is 8.18. The Morgan fingerprint density at radius 1 is 1.26 bits per heavy atom. The van der Waals surface area contributed by atoms with Crippen LogP contribution >= 0.6 is 0 Å². The Bertz CT molecular complexity index is 269. The molecule has 3 nitrogen and oxygen atoms in total. The van der Waals surface area contributed by atoms with Crippen LogP contribution in [0.5, 0.6) is 0 Å². The summed E-state index contributed by atoms with van der Waals surface area (Å²) in [6, 6.07) is 0. The van der Waals surface area contributed by atoms with Gasteiger partial charge in [0.1, 0.15) is 0 Å². The van der Waals surface area contributed by atoms with E-state index in [1.807, 2.05) is 7.11 Å². The van der Waals surface area contributed by atoms with Gasteiger partial charge in [0.15, 0.2) is 0 Å². The molecule has 0 aromatic carbocycles. The summed E-state index contributed by atoms with van der Waals surface area (Å²) in [4.78, 5) is 2.72. The molecular formula is C16H32N2O. The van der Waals surface area contributed by atoms with Crippen LogP contribution in [0, 0.1) is 11.8 Å². The lowest BCUT2D eigenvalue weighted by molar-refractivity contribution is -0.0104. The van der Waals surface area contributed by atoms with E-state index >= 15 is 0 Å². The molecule has 1 saturated heterocycles. The monoisotopic (exact) mass is 268 g/mol. The molecule has 3 heteroatoms. The quantitative estimate of drug-likeness (QED) is 0.833. The first-order chi connectivity index (χ1) is 9.24. The molecule has 2 rings (SSSR count). The number of nitrogens with zero attached hydrogens (tertiary/aromatic N) is 1. The average molecular weight is 268 g/mol. The molecule has 0 bridgehead atoms. The van der Waals surface area contributed by atoms with E-state index in [1.165, 1.54) is 58.0 Å². The number of hydrogen-bond donors (Lipinski definition) is 1. The highest BCUT2D eigenvalue weighted by Gasteiger charge is 2.41. The van der Waals surface area contributed by atoms with Crippen molar-refractivity contribution in [3.05, 3.63) is 0 Å². The minimum absolute atomic E-state index is 0.297. The van der Waals surface area contributed by atoms with Crippen molar-refractivity contribution in [2.75, 3.05) is 33.4 Å². The smallest absolute Gasteiger partial charge is 0.0502 e. The van der Waals surface area contributed by atoms with Gasteiger partial charge in [0.2, 0.25) is 0 Å². The fourth-order valence-electron chi connectivity index (χ4n) is 4.28. The molecular weight excluding hydrogens is 236 g/mol. The predicted molar refractivity (Wildman–Crippen MR) is 80.2 cm³/mol. The Morgan fingerprint density at radius 2 is 2.05 bits per heavy atom. The summed E-state index contributed by atoms with van der Waals surface area (Å²) in [6.45, 7) is 6.52. The van der Waals surface area contributed by atoms with Gasteiger partial charge in [-0.25, -0.2) is 0 Å². The molecule has 1 aliphatic carbocycles. The van der Waals surface area contributed by atoms with Gasteiger partial charge in [-0.2, -0.15) is 0 Å². The Morgan fingerprint density at radius 3 is 2.74 bits per heavy atom. The van der Waals surface area contributed by atoms with E-state index in [1.54, 1.807) is 0 Å². The van der Waals surface area contributed by atoms with Crippen LogP contribution in [0.1, 0.15) is 51.9 Å². The molecule has 2 aliphatic rings. The molecule has 3 atom stereocenters. The molecule has 2 N–H and O–H groups in total. The summed E-state index contributed by atoms with van der Waals surface area (Å²) in [5, 5.41) is 0. The number of methoxy groups -OCH3 is 1. The summed E-state index contributed by atoms with van der Waals surface area (Å²) >= 11 is 0. The first kappa shape index (κ1) is 15.3. The topological polar surface area (TPSA) is 38.5 Å². The van der Waals surface area contributed by atoms with Gasteiger partial charge in [-0.1, -0.05) is 26.2 Å². The van der Waals surface area contributed by atoms with Crippen molar-refractivity contribution in [3.8, 4) is 0 Å². The van der Waals surface area contributed by atoms with E-state index < -0.39 is 0 Å². The van der Waals surface area contributed by atoms with E-state index in [9.17, 15) is 0 Å². The molecule has 0 radical (unpaired) electrons. The highest BCUT2D eigenvalue weighted by atomic mass is 16.5. The number of piperidine rings is 1. The Hall–Kier alpha value is -0.120. The lowest BCUT2D eigenvalue weighted by atomic mass is 9.72. The zero-order valence-electron chi connectivity index (χ0n) is 12.9. The van der Waals surface area contributed by atoms with Crippen molar-refractivity contribution >= 4 is 0 Å². The summed E-state index contributed by atoms with van der Waals surface area (Å²) in [5.41, 5.74) is 6.53. The maximum absolute atomic E-state index is 6.23. The SMILES string of the molecule is CCC1CCCC(CN)(N2CCCC(COC)C2)C1. The summed E-state index contributed by atoms with van der Waals surface area (Å²) in [5.74, 6) is 1.60. The van der Waals surface area contributed by atoms with Crippen molar-refractivity contribution in [3.63, 3.8) is 0 Å². The van der Waals surface area contributed by atoms with Gasteiger partial charge < -0.3 is 10.5 Å². The molecule has 112 valence electrons. The van der Waals surface area contributed by atoms with Gasteiger partial charge in [0.05, 0.1) is 6.61 Å². The van der Waals surface area contributed by atoms with Crippen LogP contribution < -0.4 is 5.73 Å². The first-order valence-electron chi connectivity index (χ1n) is 8.18. The normalized spacial score (nSPS) is 37.4. The third-order valence-electron chi connectivity index (χ3n) is 5.47. The van der Waals surface area contributed by atoms with Gasteiger partial charge in [0, 0.05) is 25.7 Å². The number of ether oxygens (including phenoxy) is 1. The Labute approximate surface area is 118 Å². The third kappa shape index (κ3) is 3.50. The second kappa shape index (κ2) is 7.05. The van der Waals surface area contributed by atoms with Crippen molar-refractivity contribution < 1.29 is 4.74 Å². The summed E-state index contributed by atoms with van der Waals surface area (Å²) < 4.78 is 5.37. The molecule has 3 unspecified atom stereocenters. The molecule has 0 amide bonds. The molecule has 1 saturated carbocycles. The molecule has 2 fully saturated rings. The van der Waals surface area contributed by atoms with Gasteiger partial charge in [-0.05, 0) is 44.1 Å². The second-order valence-electron chi connectivity index (χ2n) is 6.71. The molecule has 1 heterocycles. The number of hydrogen-bond acceptors (Lipinski definition) is 3. The van der Waals surface area contributed by atoms with E-state index in [0.717, 1.165) is 19.1 Å². The van der Waals surface area contributed by atoms with Crippen LogP contribution in [0.4, 0.5) is 0 Å². The third-order valence-corrected chi connectivity index (χ3v) is 5.47. The summed E-state index contributed by atoms with van der Waals surface area (Å²) in [6.07, 6.45) is 9.35. The van der Waals surface area contributed by atoms with Crippen LogP contribution in [-0.4, -0.2) is 43.8 Å². The largest absolute Gasteiger partial charge is 0.384 e. The minimum atomic E-state index is 0.297. The molecule has 0 spiro atoms. The minimum Gasteiger partial charge on any atom is -0.384 e. The molecule has 19 heavy (non-hydrogen) atoms. The second-order valence-corrected chi connectivity index (χ2v) is 6.71. The van der Waals surface area contributed by atoms with Crippen molar-refractivity contribution in [1.29, 1.82) is 0 Å². The van der Waals surface area contributed by atoms with Crippen molar-refractivity contribution in [2.24, 2.45) is 17.6 Å². The summed E-state index contributed by atoms with van der Waals surface area (Å²) in [7, 11) is 1.82.